The van der Waals surface area contributed by atoms with Gasteiger partial charge in [0.25, 0.3) is 0 Å². The molecule has 0 radical (unpaired) electrons. The fourth-order valence-electron chi connectivity index (χ4n) is 2.96. The summed E-state index contributed by atoms with van der Waals surface area (Å²) in [6.07, 6.45) is 13.7. The molecule has 3 heteroatoms. The van der Waals surface area contributed by atoms with E-state index in [1.54, 1.807) is 0 Å². The van der Waals surface area contributed by atoms with Crippen LogP contribution in [0.25, 0.3) is 0 Å². The van der Waals surface area contributed by atoms with Crippen LogP contribution >= 0.6 is 0 Å². The zero-order valence-corrected chi connectivity index (χ0v) is 11.9. The monoisotopic (exact) mass is 251 g/mol. The number of nitrogens with zero attached hydrogens (tertiary/aromatic N) is 2. The van der Waals surface area contributed by atoms with Gasteiger partial charge in [-0.05, 0) is 19.3 Å². The van der Waals surface area contributed by atoms with Crippen molar-refractivity contribution in [2.24, 2.45) is 10.7 Å². The summed E-state index contributed by atoms with van der Waals surface area (Å²) in [6, 6.07) is 1.35. The number of hydrogen-bond acceptors (Lipinski definition) is 3. The van der Waals surface area contributed by atoms with Gasteiger partial charge < -0.3 is 10.6 Å². The average molecular weight is 251 g/mol. The summed E-state index contributed by atoms with van der Waals surface area (Å²) in [4.78, 5) is 6.82. The predicted octanol–water partition coefficient (Wildman–Crippen LogP) is 3.29. The summed E-state index contributed by atoms with van der Waals surface area (Å²) in [7, 11) is 0. The largest absolute Gasteiger partial charge is 0.370 e. The number of rotatable bonds is 9. The lowest BCUT2D eigenvalue weighted by atomic mass is 10.0. The Morgan fingerprint density at radius 2 is 1.78 bits per heavy atom. The van der Waals surface area contributed by atoms with E-state index in [-0.39, 0.29) is 0 Å². The van der Waals surface area contributed by atoms with Crippen molar-refractivity contribution in [3.05, 3.63) is 0 Å². The van der Waals surface area contributed by atoms with Gasteiger partial charge >= 0.3 is 0 Å². The number of nitrogens with two attached hydrogens (primary N) is 1. The van der Waals surface area contributed by atoms with Gasteiger partial charge in [0.2, 0.25) is 0 Å². The van der Waals surface area contributed by atoms with Crippen molar-refractivity contribution in [1.82, 2.24) is 4.90 Å². The maximum absolute atomic E-state index is 5.97. The molecule has 1 saturated carbocycles. The Balaban J connectivity index is 1.54. The Labute approximate surface area is 112 Å². The van der Waals surface area contributed by atoms with Gasteiger partial charge in [-0.1, -0.05) is 51.9 Å². The highest BCUT2D eigenvalue weighted by atomic mass is 15.4. The second kappa shape index (κ2) is 7.01. The first-order valence-corrected chi connectivity index (χ1v) is 7.91. The second-order valence-corrected chi connectivity index (χ2v) is 5.90. The summed E-state index contributed by atoms with van der Waals surface area (Å²) in [5.74, 6) is 0.811. The Morgan fingerprint density at radius 3 is 2.44 bits per heavy atom. The summed E-state index contributed by atoms with van der Waals surface area (Å²) >= 11 is 0. The average Bonchev–Trinajstić information content (AvgIpc) is 3.13. The van der Waals surface area contributed by atoms with Gasteiger partial charge in [0, 0.05) is 6.04 Å². The van der Waals surface area contributed by atoms with Gasteiger partial charge in [-0.25, -0.2) is 0 Å². The molecule has 0 aromatic rings. The van der Waals surface area contributed by atoms with Crippen molar-refractivity contribution in [2.45, 2.75) is 83.2 Å². The molecule has 1 unspecified atom stereocenters. The van der Waals surface area contributed by atoms with E-state index < -0.39 is 0 Å². The fourth-order valence-corrected chi connectivity index (χ4v) is 2.96. The molecule has 2 rings (SSSR count). The summed E-state index contributed by atoms with van der Waals surface area (Å²) < 4.78 is 0. The molecule has 104 valence electrons. The van der Waals surface area contributed by atoms with E-state index in [9.17, 15) is 0 Å². The zero-order chi connectivity index (χ0) is 12.8. The lowest BCUT2D eigenvalue weighted by Gasteiger charge is -2.26. The lowest BCUT2D eigenvalue weighted by molar-refractivity contribution is 0.307. The van der Waals surface area contributed by atoms with Gasteiger partial charge in [-0.15, -0.1) is 0 Å². The minimum atomic E-state index is 0.619. The smallest absolute Gasteiger partial charge is 0.191 e. The summed E-state index contributed by atoms with van der Waals surface area (Å²) in [6.45, 7) is 3.22. The normalized spacial score (nSPS) is 23.5. The highest BCUT2D eigenvalue weighted by Gasteiger charge is 2.37. The SMILES string of the molecule is CCCCCCCCCC1CN=C(N)N1C1CC1. The third-order valence-electron chi connectivity index (χ3n) is 4.20. The Bertz CT molecular complexity index is 271. The molecule has 18 heavy (non-hydrogen) atoms. The summed E-state index contributed by atoms with van der Waals surface area (Å²) in [5.41, 5.74) is 5.97. The molecule has 0 aromatic carbocycles. The van der Waals surface area contributed by atoms with Crippen molar-refractivity contribution >= 4 is 5.96 Å². The highest BCUT2D eigenvalue weighted by Crippen LogP contribution is 2.32. The van der Waals surface area contributed by atoms with E-state index in [1.165, 1.54) is 64.2 Å². The molecular formula is C15H29N3. The molecule has 1 atom stereocenters. The van der Waals surface area contributed by atoms with Crippen LogP contribution in [0.15, 0.2) is 4.99 Å². The second-order valence-electron chi connectivity index (χ2n) is 5.90. The van der Waals surface area contributed by atoms with Gasteiger partial charge in [-0.2, -0.15) is 0 Å². The van der Waals surface area contributed by atoms with E-state index in [0.29, 0.717) is 6.04 Å². The number of guanidine groups is 1. The Kier molecular flexibility index (Phi) is 5.33. The van der Waals surface area contributed by atoms with Crippen LogP contribution in [0, 0.1) is 0 Å². The maximum Gasteiger partial charge on any atom is 0.191 e. The third-order valence-corrected chi connectivity index (χ3v) is 4.20. The first kappa shape index (κ1) is 13.7. The molecule has 1 aliphatic carbocycles. The summed E-state index contributed by atoms with van der Waals surface area (Å²) in [5, 5.41) is 0. The molecule has 3 nitrogen and oxygen atoms in total. The number of unbranched alkanes of at least 4 members (excludes halogenated alkanes) is 6. The van der Waals surface area contributed by atoms with Gasteiger partial charge in [0.15, 0.2) is 5.96 Å². The number of aliphatic imine (C=N–C) groups is 1. The molecule has 0 spiro atoms. The molecule has 1 fully saturated rings. The first-order valence-electron chi connectivity index (χ1n) is 7.91. The molecule has 1 aliphatic heterocycles. The topological polar surface area (TPSA) is 41.6 Å². The van der Waals surface area contributed by atoms with Gasteiger partial charge in [0.05, 0.1) is 12.6 Å². The van der Waals surface area contributed by atoms with Crippen molar-refractivity contribution in [3.63, 3.8) is 0 Å². The maximum atomic E-state index is 5.97. The van der Waals surface area contributed by atoms with Crippen LogP contribution in [0.3, 0.4) is 0 Å². The lowest BCUT2D eigenvalue weighted by Crippen LogP contribution is -2.42. The third kappa shape index (κ3) is 3.89. The minimum Gasteiger partial charge on any atom is -0.370 e. The van der Waals surface area contributed by atoms with Crippen molar-refractivity contribution in [2.75, 3.05) is 6.54 Å². The number of hydrogen-bond donors (Lipinski definition) is 1. The molecule has 2 N–H and O–H groups in total. The van der Waals surface area contributed by atoms with E-state index in [1.807, 2.05) is 0 Å². The molecule has 2 aliphatic rings. The van der Waals surface area contributed by atoms with Crippen LogP contribution in [0.1, 0.15) is 71.1 Å². The zero-order valence-electron chi connectivity index (χ0n) is 11.9. The molecule has 1 heterocycles. The molecular weight excluding hydrogens is 222 g/mol. The standard InChI is InChI=1S/C15H29N3/c1-2-3-4-5-6-7-8-9-14-12-17-15(16)18(14)13-10-11-13/h13-14H,2-12H2,1H3,(H2,16,17). The first-order chi connectivity index (χ1) is 8.83. The predicted molar refractivity (Wildman–Crippen MR) is 77.7 cm³/mol. The molecule has 0 amide bonds. The van der Waals surface area contributed by atoms with E-state index in [4.69, 9.17) is 5.73 Å². The van der Waals surface area contributed by atoms with Crippen LogP contribution in [-0.2, 0) is 0 Å². The highest BCUT2D eigenvalue weighted by molar-refractivity contribution is 5.80. The van der Waals surface area contributed by atoms with Crippen LogP contribution in [0.4, 0.5) is 0 Å². The molecule has 0 saturated heterocycles. The van der Waals surface area contributed by atoms with Gasteiger partial charge in [-0.3, -0.25) is 4.99 Å². The van der Waals surface area contributed by atoms with E-state index in [0.717, 1.165) is 18.5 Å². The van der Waals surface area contributed by atoms with Crippen LogP contribution in [-0.4, -0.2) is 29.5 Å². The van der Waals surface area contributed by atoms with E-state index >= 15 is 0 Å². The van der Waals surface area contributed by atoms with E-state index in [2.05, 4.69) is 16.8 Å². The van der Waals surface area contributed by atoms with Crippen molar-refractivity contribution in [1.29, 1.82) is 0 Å². The van der Waals surface area contributed by atoms with Crippen LogP contribution in [0.5, 0.6) is 0 Å². The fraction of sp³-hybridized carbons (Fsp3) is 0.933. The molecule has 0 aromatic heterocycles. The Hall–Kier alpha value is -0.730. The minimum absolute atomic E-state index is 0.619. The van der Waals surface area contributed by atoms with Crippen LogP contribution in [0.2, 0.25) is 0 Å². The Morgan fingerprint density at radius 1 is 1.11 bits per heavy atom. The van der Waals surface area contributed by atoms with Gasteiger partial charge in [0.1, 0.15) is 0 Å². The van der Waals surface area contributed by atoms with Crippen molar-refractivity contribution < 1.29 is 0 Å². The molecule has 0 bridgehead atoms. The van der Waals surface area contributed by atoms with Crippen molar-refractivity contribution in [3.8, 4) is 0 Å². The quantitative estimate of drug-likeness (QED) is 0.639. The van der Waals surface area contributed by atoms with Crippen LogP contribution < -0.4 is 5.73 Å².